The molecule has 1 fully saturated rings. The Hall–Kier alpha value is -3.19. The number of ether oxygens (including phenoxy) is 1. The summed E-state index contributed by atoms with van der Waals surface area (Å²) in [6, 6.07) is 9.68. The molecule has 1 aliphatic rings. The number of nitrogens with one attached hydrogen (secondary N) is 1. The highest BCUT2D eigenvalue weighted by Gasteiger charge is 2.46. The topological polar surface area (TPSA) is 84.2 Å². The van der Waals surface area contributed by atoms with Gasteiger partial charge in [-0.1, -0.05) is 6.07 Å². The Balaban J connectivity index is 1.98. The fourth-order valence-corrected chi connectivity index (χ4v) is 4.00. The summed E-state index contributed by atoms with van der Waals surface area (Å²) in [5, 5.41) is 11.0. The number of nitrogens with zero attached hydrogens (tertiary/aromatic N) is 2. The van der Waals surface area contributed by atoms with Gasteiger partial charge in [-0.3, -0.25) is 14.6 Å². The highest BCUT2D eigenvalue weighted by atomic mass is 16.5. The minimum Gasteiger partial charge on any atom is -0.507 e. The third kappa shape index (κ3) is 4.77. The van der Waals surface area contributed by atoms with Gasteiger partial charge in [-0.25, -0.2) is 0 Å². The van der Waals surface area contributed by atoms with Crippen LogP contribution in [0.2, 0.25) is 0 Å². The third-order valence-electron chi connectivity index (χ3n) is 5.83. The van der Waals surface area contributed by atoms with Crippen LogP contribution in [-0.2, 0) is 9.59 Å². The van der Waals surface area contributed by atoms with E-state index >= 15 is 0 Å². The van der Waals surface area contributed by atoms with E-state index in [-0.39, 0.29) is 11.3 Å². The molecule has 2 aromatic rings. The lowest BCUT2D eigenvalue weighted by molar-refractivity contribution is -0.896. The van der Waals surface area contributed by atoms with Crippen molar-refractivity contribution >= 4 is 17.4 Å². The number of ketones is 1. The summed E-state index contributed by atoms with van der Waals surface area (Å²) in [5.74, 6) is -0.803. The molecule has 1 aromatic heterocycles. The standard InChI is InChI=1S/C24H29N3O4/c1-4-26(5-2)14-7-15-27-21(18-8-6-13-25-16-18)20(23(29)24(27)30)22(28)17-9-11-19(31-3)12-10-17/h6,8-13,16,21,28H,4-5,7,14-15H2,1-3H3/p+1/b22-20+/t21-/m1/s1. The van der Waals surface area contributed by atoms with Crippen molar-refractivity contribution in [1.82, 2.24) is 9.88 Å². The van der Waals surface area contributed by atoms with Gasteiger partial charge in [0.15, 0.2) is 0 Å². The highest BCUT2D eigenvalue weighted by Crippen LogP contribution is 2.39. The number of aliphatic hydroxyl groups excluding tert-OH is 1. The maximum absolute atomic E-state index is 13.0. The molecule has 7 nitrogen and oxygen atoms in total. The van der Waals surface area contributed by atoms with E-state index in [0.29, 0.717) is 23.4 Å². The molecule has 2 heterocycles. The van der Waals surface area contributed by atoms with Crippen LogP contribution in [0.5, 0.6) is 5.75 Å². The monoisotopic (exact) mass is 424 g/mol. The molecular formula is C24H30N3O4+. The zero-order valence-electron chi connectivity index (χ0n) is 18.3. The quantitative estimate of drug-likeness (QED) is 0.365. The van der Waals surface area contributed by atoms with Crippen LogP contribution in [0.3, 0.4) is 0 Å². The first-order chi connectivity index (χ1) is 15.0. The normalized spacial score (nSPS) is 18.1. The zero-order valence-corrected chi connectivity index (χ0v) is 18.3. The maximum atomic E-state index is 13.0. The number of pyridine rings is 1. The van der Waals surface area contributed by atoms with Crippen LogP contribution in [0, 0.1) is 0 Å². The van der Waals surface area contributed by atoms with E-state index in [2.05, 4.69) is 18.8 Å². The average molecular weight is 425 g/mol. The zero-order chi connectivity index (χ0) is 22.4. The Labute approximate surface area is 183 Å². The number of hydrogen-bond acceptors (Lipinski definition) is 5. The molecule has 0 bridgehead atoms. The fourth-order valence-electron chi connectivity index (χ4n) is 4.00. The first kappa shape index (κ1) is 22.5. The highest BCUT2D eigenvalue weighted by molar-refractivity contribution is 6.46. The molecule has 1 atom stereocenters. The number of aromatic nitrogens is 1. The number of amides is 1. The first-order valence-corrected chi connectivity index (χ1v) is 10.7. The van der Waals surface area contributed by atoms with Crippen LogP contribution in [0.15, 0.2) is 54.4 Å². The van der Waals surface area contributed by atoms with E-state index in [9.17, 15) is 14.7 Å². The number of likely N-dealkylation sites (tertiary alicyclic amines) is 1. The van der Waals surface area contributed by atoms with Gasteiger partial charge in [0.1, 0.15) is 11.5 Å². The number of quaternary nitrogens is 1. The SMILES string of the molecule is CC[NH+](CC)CCCN1C(=O)C(=O)/C(=C(/O)c2ccc(OC)cc2)[C@H]1c1cccnc1. The lowest BCUT2D eigenvalue weighted by Gasteiger charge is -2.25. The van der Waals surface area contributed by atoms with Crippen molar-refractivity contribution in [2.45, 2.75) is 26.3 Å². The smallest absolute Gasteiger partial charge is 0.295 e. The van der Waals surface area contributed by atoms with E-state index < -0.39 is 17.7 Å². The Morgan fingerprint density at radius 1 is 1.16 bits per heavy atom. The molecule has 0 spiro atoms. The van der Waals surface area contributed by atoms with E-state index in [1.165, 1.54) is 4.90 Å². The number of carbonyl (C=O) groups excluding carboxylic acids is 2. The average Bonchev–Trinajstić information content (AvgIpc) is 3.07. The Bertz CT molecular complexity index is 937. The molecule has 0 radical (unpaired) electrons. The minimum absolute atomic E-state index is 0.0957. The van der Waals surface area contributed by atoms with E-state index in [1.807, 2.05) is 6.07 Å². The van der Waals surface area contributed by atoms with Gasteiger partial charge in [-0.15, -0.1) is 0 Å². The number of Topliss-reactive ketones (excluding diaryl/α,β-unsaturated/α-hetero) is 1. The Kier molecular flexibility index (Phi) is 7.41. The summed E-state index contributed by atoms with van der Waals surface area (Å²) in [6.07, 6.45) is 4.05. The number of rotatable bonds is 9. The van der Waals surface area contributed by atoms with Gasteiger partial charge in [0.25, 0.3) is 11.7 Å². The second-order valence-corrected chi connectivity index (χ2v) is 7.57. The second-order valence-electron chi connectivity index (χ2n) is 7.57. The van der Waals surface area contributed by atoms with Crippen molar-refractivity contribution in [3.8, 4) is 5.75 Å². The van der Waals surface area contributed by atoms with Crippen molar-refractivity contribution in [2.24, 2.45) is 0 Å². The van der Waals surface area contributed by atoms with Crippen molar-refractivity contribution in [3.05, 3.63) is 65.5 Å². The van der Waals surface area contributed by atoms with Gasteiger partial charge in [0, 0.05) is 30.9 Å². The molecule has 1 amide bonds. The summed E-state index contributed by atoms with van der Waals surface area (Å²) in [5.41, 5.74) is 1.26. The predicted molar refractivity (Wildman–Crippen MR) is 118 cm³/mol. The molecule has 31 heavy (non-hydrogen) atoms. The molecule has 7 heteroatoms. The number of benzene rings is 1. The van der Waals surface area contributed by atoms with Crippen molar-refractivity contribution in [3.63, 3.8) is 0 Å². The largest absolute Gasteiger partial charge is 0.507 e. The van der Waals surface area contributed by atoms with Gasteiger partial charge < -0.3 is 19.6 Å². The number of aliphatic hydroxyl groups is 1. The molecule has 0 aliphatic carbocycles. The number of methoxy groups -OCH3 is 1. The number of hydrogen-bond donors (Lipinski definition) is 2. The van der Waals surface area contributed by atoms with Gasteiger partial charge in [-0.2, -0.15) is 0 Å². The van der Waals surface area contributed by atoms with Crippen molar-refractivity contribution in [2.75, 3.05) is 33.3 Å². The molecule has 0 saturated carbocycles. The van der Waals surface area contributed by atoms with Crippen molar-refractivity contribution in [1.29, 1.82) is 0 Å². The predicted octanol–water partition coefficient (Wildman–Crippen LogP) is 1.83. The van der Waals surface area contributed by atoms with E-state index in [4.69, 9.17) is 4.74 Å². The molecule has 1 aromatic carbocycles. The Morgan fingerprint density at radius 3 is 2.45 bits per heavy atom. The summed E-state index contributed by atoms with van der Waals surface area (Å²) in [4.78, 5) is 33.1. The fraction of sp³-hybridized carbons (Fsp3) is 0.375. The summed E-state index contributed by atoms with van der Waals surface area (Å²) >= 11 is 0. The van der Waals surface area contributed by atoms with Crippen LogP contribution >= 0.6 is 0 Å². The molecular weight excluding hydrogens is 394 g/mol. The maximum Gasteiger partial charge on any atom is 0.295 e. The molecule has 2 N–H and O–H groups in total. The minimum atomic E-state index is -0.669. The van der Waals surface area contributed by atoms with E-state index in [0.717, 1.165) is 26.1 Å². The van der Waals surface area contributed by atoms with Crippen LogP contribution in [0.4, 0.5) is 0 Å². The molecule has 164 valence electrons. The van der Waals surface area contributed by atoms with Crippen molar-refractivity contribution < 1.29 is 24.3 Å². The lowest BCUT2D eigenvalue weighted by atomic mass is 9.96. The summed E-state index contributed by atoms with van der Waals surface area (Å²) < 4.78 is 5.16. The van der Waals surface area contributed by atoms with Gasteiger partial charge >= 0.3 is 0 Å². The summed E-state index contributed by atoms with van der Waals surface area (Å²) in [7, 11) is 1.56. The van der Waals surface area contributed by atoms with Gasteiger partial charge in [0.05, 0.1) is 38.4 Å². The summed E-state index contributed by atoms with van der Waals surface area (Å²) in [6.45, 7) is 7.64. The van der Waals surface area contributed by atoms with Gasteiger partial charge in [-0.05, 0) is 49.7 Å². The molecule has 1 aliphatic heterocycles. The second kappa shape index (κ2) is 10.2. The van der Waals surface area contributed by atoms with E-state index in [1.54, 1.807) is 54.7 Å². The van der Waals surface area contributed by atoms with Crippen LogP contribution in [0.1, 0.15) is 37.4 Å². The van der Waals surface area contributed by atoms with Crippen LogP contribution in [-0.4, -0.2) is 60.0 Å². The Morgan fingerprint density at radius 2 is 1.87 bits per heavy atom. The molecule has 0 unspecified atom stereocenters. The van der Waals surface area contributed by atoms with Gasteiger partial charge in [0.2, 0.25) is 0 Å². The number of carbonyl (C=O) groups is 2. The molecule has 1 saturated heterocycles. The lowest BCUT2D eigenvalue weighted by Crippen LogP contribution is -3.11. The first-order valence-electron chi connectivity index (χ1n) is 10.7. The molecule has 3 rings (SSSR count). The van der Waals surface area contributed by atoms with Crippen LogP contribution in [0.25, 0.3) is 5.76 Å². The third-order valence-corrected chi connectivity index (χ3v) is 5.83. The van der Waals surface area contributed by atoms with Crippen LogP contribution < -0.4 is 9.64 Å².